The Morgan fingerprint density at radius 1 is 1.38 bits per heavy atom. The molecule has 0 aliphatic heterocycles. The predicted molar refractivity (Wildman–Crippen MR) is 79.5 cm³/mol. The number of hydrogen-bond acceptors (Lipinski definition) is 3. The lowest BCUT2D eigenvalue weighted by Crippen LogP contribution is -2.02. The first-order valence-corrected chi connectivity index (χ1v) is 6.48. The summed E-state index contributed by atoms with van der Waals surface area (Å²) in [5.74, 6) is 0. The number of nitrogens with zero attached hydrogens (tertiary/aromatic N) is 5. The molecule has 104 valence electrons. The van der Waals surface area contributed by atoms with Crippen LogP contribution in [0.1, 0.15) is 16.1 Å². The van der Waals surface area contributed by atoms with Crippen LogP contribution in [-0.2, 0) is 0 Å². The van der Waals surface area contributed by atoms with E-state index < -0.39 is 5.24 Å². The van der Waals surface area contributed by atoms with Crippen LogP contribution in [0.25, 0.3) is 16.1 Å². The van der Waals surface area contributed by atoms with Crippen LogP contribution in [0, 0.1) is 11.3 Å². The standard InChI is InChI=1S/C12H4Cl3N5O/c13-8-2-1-7(3-9(8)14)20-5-6(4-16)10(18-19-17)11(20)12(15)21/h1-3,5H. The zero-order valence-electron chi connectivity index (χ0n) is 10.1. The van der Waals surface area contributed by atoms with Crippen LogP contribution in [0.4, 0.5) is 5.69 Å². The van der Waals surface area contributed by atoms with E-state index in [1.54, 1.807) is 6.07 Å². The molecular formula is C12H4Cl3N5O. The quantitative estimate of drug-likeness (QED) is 0.341. The van der Waals surface area contributed by atoms with E-state index in [1.807, 2.05) is 6.07 Å². The van der Waals surface area contributed by atoms with Crippen molar-refractivity contribution < 1.29 is 4.79 Å². The molecule has 9 heteroatoms. The molecule has 6 nitrogen and oxygen atoms in total. The summed E-state index contributed by atoms with van der Waals surface area (Å²) in [7, 11) is 0. The average Bonchev–Trinajstić information content (AvgIpc) is 2.81. The molecule has 0 unspecified atom stereocenters. The summed E-state index contributed by atoms with van der Waals surface area (Å²) >= 11 is 17.3. The third kappa shape index (κ3) is 2.82. The van der Waals surface area contributed by atoms with Gasteiger partial charge in [-0.25, -0.2) is 0 Å². The van der Waals surface area contributed by atoms with Crippen LogP contribution < -0.4 is 0 Å². The van der Waals surface area contributed by atoms with Crippen LogP contribution in [0.2, 0.25) is 10.0 Å². The Kier molecular flexibility index (Phi) is 4.41. The summed E-state index contributed by atoms with van der Waals surface area (Å²) in [5, 5.41) is 12.1. The maximum Gasteiger partial charge on any atom is 0.269 e. The van der Waals surface area contributed by atoms with Crippen molar-refractivity contribution in [1.29, 1.82) is 5.26 Å². The van der Waals surface area contributed by atoms with E-state index in [0.29, 0.717) is 10.7 Å². The molecular weight excluding hydrogens is 337 g/mol. The minimum Gasteiger partial charge on any atom is -0.311 e. The van der Waals surface area contributed by atoms with E-state index in [2.05, 4.69) is 10.0 Å². The van der Waals surface area contributed by atoms with Crippen molar-refractivity contribution in [3.05, 3.63) is 56.1 Å². The van der Waals surface area contributed by atoms with Crippen LogP contribution in [0.15, 0.2) is 29.5 Å². The van der Waals surface area contributed by atoms with Crippen LogP contribution in [0.5, 0.6) is 0 Å². The molecule has 0 spiro atoms. The highest BCUT2D eigenvalue weighted by molar-refractivity contribution is 6.68. The molecule has 0 aliphatic carbocycles. The van der Waals surface area contributed by atoms with Crippen molar-refractivity contribution in [2.75, 3.05) is 0 Å². The summed E-state index contributed by atoms with van der Waals surface area (Å²) < 4.78 is 1.32. The van der Waals surface area contributed by atoms with Crippen molar-refractivity contribution in [3.8, 4) is 11.8 Å². The maximum atomic E-state index is 11.6. The second-order valence-electron chi connectivity index (χ2n) is 3.78. The smallest absolute Gasteiger partial charge is 0.269 e. The van der Waals surface area contributed by atoms with Gasteiger partial charge in [-0.15, -0.1) is 0 Å². The molecule has 0 N–H and O–H groups in total. The van der Waals surface area contributed by atoms with E-state index in [4.69, 9.17) is 45.6 Å². The molecule has 0 aliphatic rings. The summed E-state index contributed by atoms with van der Waals surface area (Å²) in [5.41, 5.74) is 8.76. The third-order valence-corrected chi connectivity index (χ3v) is 3.53. The zero-order valence-corrected chi connectivity index (χ0v) is 12.4. The second-order valence-corrected chi connectivity index (χ2v) is 4.94. The van der Waals surface area contributed by atoms with Crippen molar-refractivity contribution in [2.24, 2.45) is 5.11 Å². The molecule has 1 aromatic heterocycles. The molecule has 0 radical (unpaired) electrons. The summed E-state index contributed by atoms with van der Waals surface area (Å²) in [6, 6.07) is 6.44. The molecule has 2 rings (SSSR count). The van der Waals surface area contributed by atoms with Crippen molar-refractivity contribution in [2.45, 2.75) is 0 Å². The zero-order chi connectivity index (χ0) is 15.6. The highest BCUT2D eigenvalue weighted by Crippen LogP contribution is 2.32. The van der Waals surface area contributed by atoms with Crippen LogP contribution >= 0.6 is 34.8 Å². The fourth-order valence-electron chi connectivity index (χ4n) is 1.75. The first-order chi connectivity index (χ1) is 9.99. The van der Waals surface area contributed by atoms with Gasteiger partial charge in [-0.1, -0.05) is 28.3 Å². The fraction of sp³-hybridized carbons (Fsp3) is 0. The highest BCUT2D eigenvalue weighted by Gasteiger charge is 2.21. The number of nitriles is 1. The minimum atomic E-state index is -0.870. The molecule has 2 aromatic rings. The Morgan fingerprint density at radius 3 is 2.62 bits per heavy atom. The molecule has 0 saturated heterocycles. The Morgan fingerprint density at radius 2 is 2.10 bits per heavy atom. The van der Waals surface area contributed by atoms with E-state index in [-0.39, 0.29) is 22.0 Å². The Labute approximate surface area is 133 Å². The van der Waals surface area contributed by atoms with Crippen LogP contribution in [0.3, 0.4) is 0 Å². The molecule has 0 amide bonds. The molecule has 21 heavy (non-hydrogen) atoms. The number of benzene rings is 1. The van der Waals surface area contributed by atoms with Gasteiger partial charge < -0.3 is 4.57 Å². The first kappa shape index (κ1) is 15.2. The summed E-state index contributed by atoms with van der Waals surface area (Å²) in [4.78, 5) is 14.2. The number of rotatable bonds is 3. The summed E-state index contributed by atoms with van der Waals surface area (Å²) in [6.45, 7) is 0. The minimum absolute atomic E-state index is 0.0165. The van der Waals surface area contributed by atoms with E-state index in [1.165, 1.54) is 22.9 Å². The van der Waals surface area contributed by atoms with Crippen molar-refractivity contribution in [3.63, 3.8) is 0 Å². The van der Waals surface area contributed by atoms with Gasteiger partial charge in [-0.2, -0.15) is 5.26 Å². The largest absolute Gasteiger partial charge is 0.311 e. The van der Waals surface area contributed by atoms with E-state index in [9.17, 15) is 4.79 Å². The van der Waals surface area contributed by atoms with Crippen molar-refractivity contribution >= 4 is 45.7 Å². The molecule has 0 bridgehead atoms. The Bertz CT molecular complexity index is 830. The second kappa shape index (κ2) is 6.08. The van der Waals surface area contributed by atoms with E-state index in [0.717, 1.165) is 0 Å². The fourth-order valence-corrected chi connectivity index (χ4v) is 2.22. The van der Waals surface area contributed by atoms with Gasteiger partial charge in [0.1, 0.15) is 11.8 Å². The predicted octanol–water partition coefficient (Wildman–Crippen LogP) is 4.98. The average molecular weight is 341 g/mol. The number of azide groups is 1. The van der Waals surface area contributed by atoms with Gasteiger partial charge in [0, 0.05) is 16.8 Å². The summed E-state index contributed by atoms with van der Waals surface area (Å²) in [6.07, 6.45) is 1.33. The van der Waals surface area contributed by atoms with Gasteiger partial charge in [0.05, 0.1) is 21.3 Å². The molecule has 1 aromatic carbocycles. The van der Waals surface area contributed by atoms with Gasteiger partial charge in [0.25, 0.3) is 5.24 Å². The van der Waals surface area contributed by atoms with Gasteiger partial charge in [0.2, 0.25) is 0 Å². The number of aromatic nitrogens is 1. The molecule has 1 heterocycles. The molecule has 0 atom stereocenters. The first-order valence-electron chi connectivity index (χ1n) is 5.35. The Hall–Kier alpha value is -2.16. The monoisotopic (exact) mass is 339 g/mol. The Balaban J connectivity index is 2.80. The van der Waals surface area contributed by atoms with Crippen LogP contribution in [-0.4, -0.2) is 9.81 Å². The number of carbonyl (C=O) groups excluding carboxylic acids is 1. The van der Waals surface area contributed by atoms with Gasteiger partial charge >= 0.3 is 0 Å². The maximum absolute atomic E-state index is 11.6. The topological polar surface area (TPSA) is 94.5 Å². The van der Waals surface area contributed by atoms with Gasteiger partial charge in [-0.05, 0) is 35.3 Å². The molecule has 0 fully saturated rings. The number of halogens is 3. The SMILES string of the molecule is N#Cc1cn(-c2ccc(Cl)c(Cl)c2)c(C(=O)Cl)c1N=[N+]=[N-]. The highest BCUT2D eigenvalue weighted by atomic mass is 35.5. The third-order valence-electron chi connectivity index (χ3n) is 2.61. The van der Waals surface area contributed by atoms with Gasteiger partial charge in [-0.3, -0.25) is 4.79 Å². The lowest BCUT2D eigenvalue weighted by atomic mass is 10.3. The number of carbonyl (C=O) groups is 1. The lowest BCUT2D eigenvalue weighted by Gasteiger charge is -2.08. The number of hydrogen-bond donors (Lipinski definition) is 0. The van der Waals surface area contributed by atoms with E-state index >= 15 is 0 Å². The molecule has 0 saturated carbocycles. The van der Waals surface area contributed by atoms with Gasteiger partial charge in [0.15, 0.2) is 0 Å². The lowest BCUT2D eigenvalue weighted by molar-refractivity contribution is 0.107. The normalized spacial score (nSPS) is 9.81. The van der Waals surface area contributed by atoms with Crippen molar-refractivity contribution in [1.82, 2.24) is 4.57 Å².